The van der Waals surface area contributed by atoms with Crippen molar-refractivity contribution in [1.82, 2.24) is 24.4 Å². The van der Waals surface area contributed by atoms with Gasteiger partial charge in [-0.15, -0.1) is 0 Å². The quantitative estimate of drug-likeness (QED) is 0.599. The number of aryl methyl sites for hydroxylation is 2. The summed E-state index contributed by atoms with van der Waals surface area (Å²) in [7, 11) is 0. The predicted octanol–water partition coefficient (Wildman–Crippen LogP) is 2.87. The van der Waals surface area contributed by atoms with Crippen LogP contribution in [0, 0.1) is 6.92 Å². The molecule has 0 atom stereocenters. The highest BCUT2D eigenvalue weighted by Crippen LogP contribution is 2.34. The fourth-order valence-electron chi connectivity index (χ4n) is 3.98. The molecule has 0 aromatic carbocycles. The van der Waals surface area contributed by atoms with Crippen molar-refractivity contribution in [3.05, 3.63) is 65.2 Å². The van der Waals surface area contributed by atoms with Gasteiger partial charge in [0.15, 0.2) is 5.82 Å². The molecule has 0 radical (unpaired) electrons. The van der Waals surface area contributed by atoms with Crippen molar-refractivity contribution < 1.29 is 4.79 Å². The Morgan fingerprint density at radius 3 is 2.86 bits per heavy atom. The Bertz CT molecular complexity index is 1220. The number of pyridine rings is 2. The number of hydrogen-bond acceptors (Lipinski definition) is 4. The summed E-state index contributed by atoms with van der Waals surface area (Å²) >= 11 is 0. The van der Waals surface area contributed by atoms with E-state index in [9.17, 15) is 4.79 Å². The number of nitrogens with zero attached hydrogens (tertiary/aromatic N) is 5. The van der Waals surface area contributed by atoms with E-state index in [1.807, 2.05) is 48.1 Å². The second kappa shape index (κ2) is 6.30. The lowest BCUT2D eigenvalue weighted by Gasteiger charge is -2.13. The summed E-state index contributed by atoms with van der Waals surface area (Å²) in [4.78, 5) is 16.5. The molecule has 4 aromatic heterocycles. The summed E-state index contributed by atoms with van der Waals surface area (Å²) in [6, 6.07) is 9.91. The minimum absolute atomic E-state index is 0.412. The standard InChI is InChI=1S/C21H20N6O/c1-13-5-4-8-19(24-13)27-20(15-6-2-3-7-17(15)25-27)14-9-10-26-18(11-14)16(12-23-26)21(22)28/h4-5,8-12H,2-3,6-7H2,1H3,(H2,22,28). The number of primary amides is 1. The average molecular weight is 372 g/mol. The highest BCUT2D eigenvalue weighted by molar-refractivity contribution is 6.00. The third-order valence-corrected chi connectivity index (χ3v) is 5.31. The fourth-order valence-corrected chi connectivity index (χ4v) is 3.98. The molecule has 140 valence electrons. The first-order valence-corrected chi connectivity index (χ1v) is 9.44. The van der Waals surface area contributed by atoms with E-state index in [1.54, 1.807) is 4.52 Å². The summed E-state index contributed by atoms with van der Waals surface area (Å²) in [5, 5.41) is 9.13. The summed E-state index contributed by atoms with van der Waals surface area (Å²) in [5.74, 6) is 0.316. The number of amides is 1. The Labute approximate surface area is 161 Å². The average Bonchev–Trinajstić information content (AvgIpc) is 3.29. The molecule has 7 heteroatoms. The first-order chi connectivity index (χ1) is 13.6. The first-order valence-electron chi connectivity index (χ1n) is 9.44. The van der Waals surface area contributed by atoms with Gasteiger partial charge in [0.2, 0.25) is 0 Å². The molecule has 1 amide bonds. The Balaban J connectivity index is 1.77. The Morgan fingerprint density at radius 1 is 1.18 bits per heavy atom. The van der Waals surface area contributed by atoms with Gasteiger partial charge in [-0.05, 0) is 56.9 Å². The van der Waals surface area contributed by atoms with Gasteiger partial charge < -0.3 is 5.73 Å². The Morgan fingerprint density at radius 2 is 2.04 bits per heavy atom. The van der Waals surface area contributed by atoms with Gasteiger partial charge in [0.05, 0.1) is 28.7 Å². The molecular weight excluding hydrogens is 352 g/mol. The van der Waals surface area contributed by atoms with E-state index in [1.165, 1.54) is 11.8 Å². The van der Waals surface area contributed by atoms with E-state index in [0.717, 1.165) is 54.1 Å². The second-order valence-corrected chi connectivity index (χ2v) is 7.20. The Hall–Kier alpha value is -3.48. The minimum atomic E-state index is -0.483. The molecule has 2 N–H and O–H groups in total. The topological polar surface area (TPSA) is 91.1 Å². The predicted molar refractivity (Wildman–Crippen MR) is 105 cm³/mol. The van der Waals surface area contributed by atoms with Crippen LogP contribution < -0.4 is 5.73 Å². The molecule has 1 aliphatic rings. The van der Waals surface area contributed by atoms with Crippen LogP contribution in [0.1, 0.15) is 40.2 Å². The monoisotopic (exact) mass is 372 g/mol. The number of carbonyl (C=O) groups is 1. The molecule has 0 spiro atoms. The molecule has 5 rings (SSSR count). The van der Waals surface area contributed by atoms with Crippen molar-refractivity contribution >= 4 is 11.4 Å². The zero-order valence-electron chi connectivity index (χ0n) is 15.6. The molecule has 0 fully saturated rings. The van der Waals surface area contributed by atoms with Gasteiger partial charge in [-0.25, -0.2) is 14.2 Å². The van der Waals surface area contributed by atoms with Crippen LogP contribution in [0.4, 0.5) is 0 Å². The van der Waals surface area contributed by atoms with E-state index in [4.69, 9.17) is 10.8 Å². The van der Waals surface area contributed by atoms with E-state index in [2.05, 4.69) is 10.1 Å². The smallest absolute Gasteiger partial charge is 0.252 e. The molecular formula is C21H20N6O. The van der Waals surface area contributed by atoms with Crippen LogP contribution in [-0.2, 0) is 12.8 Å². The Kier molecular flexibility index (Phi) is 3.75. The molecule has 0 unspecified atom stereocenters. The third-order valence-electron chi connectivity index (χ3n) is 5.31. The van der Waals surface area contributed by atoms with E-state index >= 15 is 0 Å². The van der Waals surface area contributed by atoms with Crippen LogP contribution in [0.15, 0.2) is 42.7 Å². The number of aromatic nitrogens is 5. The molecule has 28 heavy (non-hydrogen) atoms. The van der Waals surface area contributed by atoms with Crippen LogP contribution in [0.2, 0.25) is 0 Å². The lowest BCUT2D eigenvalue weighted by molar-refractivity contribution is 0.100. The molecule has 0 bridgehead atoms. The highest BCUT2D eigenvalue weighted by Gasteiger charge is 2.24. The zero-order valence-corrected chi connectivity index (χ0v) is 15.6. The molecule has 1 aliphatic carbocycles. The number of carbonyl (C=O) groups excluding carboxylic acids is 1. The van der Waals surface area contributed by atoms with Crippen molar-refractivity contribution in [3.8, 4) is 17.1 Å². The zero-order chi connectivity index (χ0) is 19.3. The molecule has 4 heterocycles. The van der Waals surface area contributed by atoms with Crippen molar-refractivity contribution in [2.75, 3.05) is 0 Å². The van der Waals surface area contributed by atoms with Gasteiger partial charge in [0.1, 0.15) is 0 Å². The summed E-state index contributed by atoms with van der Waals surface area (Å²) in [5.41, 5.74) is 12.0. The van der Waals surface area contributed by atoms with Crippen LogP contribution in [-0.4, -0.2) is 30.3 Å². The van der Waals surface area contributed by atoms with E-state index < -0.39 is 5.91 Å². The molecule has 4 aromatic rings. The lowest BCUT2D eigenvalue weighted by Crippen LogP contribution is -2.10. The van der Waals surface area contributed by atoms with Gasteiger partial charge in [-0.3, -0.25) is 4.79 Å². The number of hydrogen-bond donors (Lipinski definition) is 1. The van der Waals surface area contributed by atoms with Crippen LogP contribution in [0.25, 0.3) is 22.6 Å². The second-order valence-electron chi connectivity index (χ2n) is 7.20. The van der Waals surface area contributed by atoms with Crippen molar-refractivity contribution in [3.63, 3.8) is 0 Å². The summed E-state index contributed by atoms with van der Waals surface area (Å²) < 4.78 is 3.61. The van der Waals surface area contributed by atoms with Gasteiger partial charge in [-0.1, -0.05) is 6.07 Å². The molecule has 0 saturated carbocycles. The maximum Gasteiger partial charge on any atom is 0.252 e. The number of nitrogens with two attached hydrogens (primary N) is 1. The summed E-state index contributed by atoms with van der Waals surface area (Å²) in [6.07, 6.45) is 7.63. The van der Waals surface area contributed by atoms with Crippen molar-refractivity contribution in [1.29, 1.82) is 0 Å². The van der Waals surface area contributed by atoms with Crippen molar-refractivity contribution in [2.45, 2.75) is 32.6 Å². The van der Waals surface area contributed by atoms with Crippen molar-refractivity contribution in [2.24, 2.45) is 5.73 Å². The maximum atomic E-state index is 11.8. The molecule has 7 nitrogen and oxygen atoms in total. The third kappa shape index (κ3) is 2.58. The lowest BCUT2D eigenvalue weighted by atomic mass is 9.93. The summed E-state index contributed by atoms with van der Waals surface area (Å²) in [6.45, 7) is 1.98. The largest absolute Gasteiger partial charge is 0.365 e. The molecule has 0 saturated heterocycles. The van der Waals surface area contributed by atoms with Gasteiger partial charge in [0, 0.05) is 23.0 Å². The molecule has 0 aliphatic heterocycles. The first kappa shape index (κ1) is 16.7. The maximum absolute atomic E-state index is 11.8. The number of fused-ring (bicyclic) bond motifs is 2. The SMILES string of the molecule is Cc1cccc(-n2nc3c(c2-c2ccn4ncc(C(N)=O)c4c2)CCCC3)n1. The number of rotatable bonds is 3. The highest BCUT2D eigenvalue weighted by atomic mass is 16.1. The van der Waals surface area contributed by atoms with Crippen LogP contribution in [0.5, 0.6) is 0 Å². The van der Waals surface area contributed by atoms with E-state index in [0.29, 0.717) is 11.1 Å². The van der Waals surface area contributed by atoms with Crippen LogP contribution in [0.3, 0.4) is 0 Å². The fraction of sp³-hybridized carbons (Fsp3) is 0.238. The van der Waals surface area contributed by atoms with E-state index in [-0.39, 0.29) is 0 Å². The minimum Gasteiger partial charge on any atom is -0.365 e. The van der Waals surface area contributed by atoms with Crippen LogP contribution >= 0.6 is 0 Å². The van der Waals surface area contributed by atoms with Gasteiger partial charge in [0.25, 0.3) is 5.91 Å². The van der Waals surface area contributed by atoms with Gasteiger partial charge >= 0.3 is 0 Å². The van der Waals surface area contributed by atoms with Gasteiger partial charge in [-0.2, -0.15) is 10.2 Å². The normalized spacial score (nSPS) is 13.6.